The van der Waals surface area contributed by atoms with Crippen LogP contribution in [0.25, 0.3) is 0 Å². The van der Waals surface area contributed by atoms with Crippen molar-refractivity contribution < 1.29 is 14.3 Å². The number of anilines is 1. The molecule has 1 aliphatic rings. The number of para-hydroxylation sites is 1. The minimum absolute atomic E-state index is 0.0424. The van der Waals surface area contributed by atoms with Gasteiger partial charge in [-0.3, -0.25) is 4.79 Å². The summed E-state index contributed by atoms with van der Waals surface area (Å²) in [6.45, 7) is 6.84. The third-order valence-corrected chi connectivity index (χ3v) is 5.07. The minimum Gasteiger partial charge on any atom is -0.465 e. The Morgan fingerprint density at radius 3 is 2.65 bits per heavy atom. The maximum absolute atomic E-state index is 12.6. The van der Waals surface area contributed by atoms with Crippen LogP contribution >= 0.6 is 12.2 Å². The van der Waals surface area contributed by atoms with E-state index in [1.807, 2.05) is 29.7 Å². The molecule has 1 saturated heterocycles. The van der Waals surface area contributed by atoms with E-state index in [0.29, 0.717) is 22.9 Å². The number of benzene rings is 1. The Kier molecular flexibility index (Phi) is 7.38. The summed E-state index contributed by atoms with van der Waals surface area (Å²) in [6.07, 6.45) is 1.80. The minimum atomic E-state index is -0.413. The van der Waals surface area contributed by atoms with Crippen LogP contribution in [0.3, 0.4) is 0 Å². The first kappa shape index (κ1) is 20.2. The summed E-state index contributed by atoms with van der Waals surface area (Å²) < 4.78 is 4.82. The number of carbonyl (C=O) groups is 2. The lowest BCUT2D eigenvalue weighted by Crippen LogP contribution is -2.47. The lowest BCUT2D eigenvalue weighted by molar-refractivity contribution is -0.136. The monoisotopic (exact) mass is 377 g/mol. The Morgan fingerprint density at radius 1 is 1.31 bits per heavy atom. The Bertz CT molecular complexity index is 661. The summed E-state index contributed by atoms with van der Waals surface area (Å²) in [5.74, 6) is -0.263. The van der Waals surface area contributed by atoms with Gasteiger partial charge in [-0.2, -0.15) is 0 Å². The van der Waals surface area contributed by atoms with E-state index in [4.69, 9.17) is 17.0 Å². The number of amides is 1. The van der Waals surface area contributed by atoms with Gasteiger partial charge in [0.1, 0.15) is 0 Å². The smallest absolute Gasteiger partial charge is 0.339 e. The van der Waals surface area contributed by atoms with Gasteiger partial charge in [-0.1, -0.05) is 12.1 Å². The Morgan fingerprint density at radius 2 is 2.00 bits per heavy atom. The number of hydrogen-bond donors (Lipinski definition) is 1. The van der Waals surface area contributed by atoms with Crippen LogP contribution in [-0.2, 0) is 9.53 Å². The third kappa shape index (κ3) is 4.72. The summed E-state index contributed by atoms with van der Waals surface area (Å²) in [5, 5.41) is 3.67. The van der Waals surface area contributed by atoms with Gasteiger partial charge < -0.3 is 19.9 Å². The molecule has 0 saturated carbocycles. The number of hydrogen-bond acceptors (Lipinski definition) is 4. The van der Waals surface area contributed by atoms with E-state index < -0.39 is 5.97 Å². The molecule has 0 aromatic heterocycles. The van der Waals surface area contributed by atoms with Crippen molar-refractivity contribution in [3.8, 4) is 0 Å². The molecular weight excluding hydrogens is 350 g/mol. The number of nitrogens with one attached hydrogen (secondary N) is 1. The van der Waals surface area contributed by atoms with E-state index in [1.54, 1.807) is 18.2 Å². The molecule has 1 aromatic carbocycles. The van der Waals surface area contributed by atoms with Crippen molar-refractivity contribution in [3.63, 3.8) is 0 Å². The SMILES string of the molecule is CCN(CC)C(=O)C1CCCN(C(=S)Nc2ccccc2C(=O)OC)C1. The van der Waals surface area contributed by atoms with Crippen molar-refractivity contribution in [3.05, 3.63) is 29.8 Å². The van der Waals surface area contributed by atoms with Gasteiger partial charge in [-0.15, -0.1) is 0 Å². The number of methoxy groups -OCH3 is 1. The van der Waals surface area contributed by atoms with E-state index in [-0.39, 0.29) is 11.8 Å². The molecule has 1 N–H and O–H groups in total. The fourth-order valence-corrected chi connectivity index (χ4v) is 3.51. The maximum Gasteiger partial charge on any atom is 0.339 e. The van der Waals surface area contributed by atoms with Gasteiger partial charge in [-0.25, -0.2) is 4.79 Å². The second kappa shape index (κ2) is 9.52. The van der Waals surface area contributed by atoms with E-state index in [1.165, 1.54) is 7.11 Å². The van der Waals surface area contributed by atoms with Gasteiger partial charge in [-0.05, 0) is 51.0 Å². The number of rotatable bonds is 5. The highest BCUT2D eigenvalue weighted by molar-refractivity contribution is 7.80. The first-order valence-electron chi connectivity index (χ1n) is 9.03. The highest BCUT2D eigenvalue weighted by Crippen LogP contribution is 2.21. The van der Waals surface area contributed by atoms with Gasteiger partial charge in [0.05, 0.1) is 24.3 Å². The molecular formula is C19H27N3O3S. The molecule has 142 valence electrons. The van der Waals surface area contributed by atoms with Crippen LogP contribution in [0.1, 0.15) is 37.0 Å². The number of carbonyl (C=O) groups excluding carboxylic acids is 2. The van der Waals surface area contributed by atoms with Crippen molar-refractivity contribution >= 4 is 34.9 Å². The number of nitrogens with zero attached hydrogens (tertiary/aromatic N) is 2. The van der Waals surface area contributed by atoms with Crippen molar-refractivity contribution in [2.24, 2.45) is 5.92 Å². The fourth-order valence-electron chi connectivity index (χ4n) is 3.23. The zero-order valence-electron chi connectivity index (χ0n) is 15.7. The van der Waals surface area contributed by atoms with Crippen LogP contribution < -0.4 is 5.32 Å². The zero-order valence-corrected chi connectivity index (χ0v) is 16.5. The average molecular weight is 378 g/mol. The lowest BCUT2D eigenvalue weighted by atomic mass is 9.96. The van der Waals surface area contributed by atoms with Crippen molar-refractivity contribution in [1.82, 2.24) is 9.80 Å². The molecule has 2 rings (SSSR count). The molecule has 0 bridgehead atoms. The van der Waals surface area contributed by atoms with Gasteiger partial charge in [0.2, 0.25) is 5.91 Å². The molecule has 6 nitrogen and oxygen atoms in total. The first-order chi connectivity index (χ1) is 12.5. The second-order valence-electron chi connectivity index (χ2n) is 6.26. The molecule has 1 atom stereocenters. The molecule has 1 unspecified atom stereocenters. The summed E-state index contributed by atoms with van der Waals surface area (Å²) in [7, 11) is 1.35. The Hall–Kier alpha value is -2.15. The lowest BCUT2D eigenvalue weighted by Gasteiger charge is -2.36. The summed E-state index contributed by atoms with van der Waals surface area (Å²) in [6, 6.07) is 7.10. The molecule has 26 heavy (non-hydrogen) atoms. The number of piperidine rings is 1. The molecule has 0 aliphatic carbocycles. The molecule has 1 heterocycles. The molecule has 0 spiro atoms. The summed E-state index contributed by atoms with van der Waals surface area (Å²) >= 11 is 5.54. The van der Waals surface area contributed by atoms with Crippen LogP contribution in [0.2, 0.25) is 0 Å². The Balaban J connectivity index is 2.06. The van der Waals surface area contributed by atoms with Crippen LogP contribution in [0.5, 0.6) is 0 Å². The standard InChI is InChI=1S/C19H27N3O3S/c1-4-21(5-2)17(23)14-9-8-12-22(13-14)19(26)20-16-11-7-6-10-15(16)18(24)25-3/h6-7,10-11,14H,4-5,8-9,12-13H2,1-3H3,(H,20,26). The predicted molar refractivity (Wildman–Crippen MR) is 106 cm³/mol. The molecule has 0 radical (unpaired) electrons. The zero-order chi connectivity index (χ0) is 19.1. The molecule has 1 amide bonds. The van der Waals surface area contributed by atoms with Gasteiger partial charge >= 0.3 is 5.97 Å². The normalized spacial score (nSPS) is 16.7. The van der Waals surface area contributed by atoms with Crippen LogP contribution in [0, 0.1) is 5.92 Å². The van der Waals surface area contributed by atoms with Crippen molar-refractivity contribution in [2.75, 3.05) is 38.6 Å². The average Bonchev–Trinajstić information content (AvgIpc) is 2.68. The predicted octanol–water partition coefficient (Wildman–Crippen LogP) is 2.75. The first-order valence-corrected chi connectivity index (χ1v) is 9.44. The van der Waals surface area contributed by atoms with Crippen molar-refractivity contribution in [2.45, 2.75) is 26.7 Å². The van der Waals surface area contributed by atoms with Gasteiger partial charge in [0, 0.05) is 26.2 Å². The van der Waals surface area contributed by atoms with E-state index >= 15 is 0 Å². The van der Waals surface area contributed by atoms with E-state index in [0.717, 1.165) is 32.5 Å². The quantitative estimate of drug-likeness (QED) is 0.629. The van der Waals surface area contributed by atoms with E-state index in [2.05, 4.69) is 5.32 Å². The van der Waals surface area contributed by atoms with Crippen LogP contribution in [-0.4, -0.2) is 60.1 Å². The van der Waals surface area contributed by atoms with Crippen LogP contribution in [0.15, 0.2) is 24.3 Å². The van der Waals surface area contributed by atoms with E-state index in [9.17, 15) is 9.59 Å². The topological polar surface area (TPSA) is 61.9 Å². The summed E-state index contributed by atoms with van der Waals surface area (Å²) in [5.41, 5.74) is 1.05. The second-order valence-corrected chi connectivity index (χ2v) is 6.65. The number of likely N-dealkylation sites (tertiary alicyclic amines) is 1. The number of ether oxygens (including phenoxy) is 1. The van der Waals surface area contributed by atoms with Gasteiger partial charge in [0.15, 0.2) is 5.11 Å². The third-order valence-electron chi connectivity index (χ3n) is 4.71. The number of esters is 1. The number of thiocarbonyl (C=S) groups is 1. The fraction of sp³-hybridized carbons (Fsp3) is 0.526. The maximum atomic E-state index is 12.6. The largest absolute Gasteiger partial charge is 0.465 e. The van der Waals surface area contributed by atoms with Gasteiger partial charge in [0.25, 0.3) is 0 Å². The van der Waals surface area contributed by atoms with Crippen molar-refractivity contribution in [1.29, 1.82) is 0 Å². The molecule has 1 aromatic rings. The molecule has 1 aliphatic heterocycles. The Labute approximate surface area is 160 Å². The highest BCUT2D eigenvalue weighted by Gasteiger charge is 2.29. The molecule has 7 heteroatoms. The summed E-state index contributed by atoms with van der Waals surface area (Å²) in [4.78, 5) is 28.4. The highest BCUT2D eigenvalue weighted by atomic mass is 32.1. The van der Waals surface area contributed by atoms with Crippen LogP contribution in [0.4, 0.5) is 5.69 Å². The molecule has 1 fully saturated rings.